The minimum absolute atomic E-state index is 0.0585. The highest BCUT2D eigenvalue weighted by Gasteiger charge is 2.26. The van der Waals surface area contributed by atoms with Crippen molar-refractivity contribution < 1.29 is 9.21 Å². The molecule has 34 heavy (non-hydrogen) atoms. The number of nitrogens with two attached hydrogens (primary N) is 1. The summed E-state index contributed by atoms with van der Waals surface area (Å²) in [6, 6.07) is 18.0. The van der Waals surface area contributed by atoms with E-state index in [1.165, 1.54) is 5.56 Å². The summed E-state index contributed by atoms with van der Waals surface area (Å²) in [5.41, 5.74) is 8.34. The lowest BCUT2D eigenvalue weighted by Crippen LogP contribution is -2.46. The average Bonchev–Trinajstić information content (AvgIpc) is 3.32. The van der Waals surface area contributed by atoms with Crippen molar-refractivity contribution in [3.05, 3.63) is 95.2 Å². The van der Waals surface area contributed by atoms with Gasteiger partial charge in [0.1, 0.15) is 28.9 Å². The molecule has 1 unspecified atom stereocenters. The molecule has 1 aliphatic heterocycles. The number of benzene rings is 1. The Morgan fingerprint density at radius 1 is 1.24 bits per heavy atom. The first-order valence-corrected chi connectivity index (χ1v) is 11.3. The van der Waals surface area contributed by atoms with Crippen molar-refractivity contribution in [3.8, 4) is 11.3 Å². The molecule has 0 bridgehead atoms. The number of aryl methyl sites for hydroxylation is 1. The maximum absolute atomic E-state index is 13.6. The standard InChI is InChI=1S/C27H29N5O2/c1-4-8-21(27(28)29-3)26(33)25-20(23-13-11-18(2)34-23)12-14-24(31-25)32-16-15-30-22(17-32)19-9-6-5-7-10-19/h4-14,22,30H,3,15-17,28H2,1-2H3/b8-4-,27-21+. The second-order valence-electron chi connectivity index (χ2n) is 8.13. The van der Waals surface area contributed by atoms with Gasteiger partial charge >= 0.3 is 0 Å². The van der Waals surface area contributed by atoms with E-state index in [0.29, 0.717) is 11.3 Å². The van der Waals surface area contributed by atoms with E-state index in [9.17, 15) is 4.79 Å². The molecule has 2 aromatic heterocycles. The van der Waals surface area contributed by atoms with Gasteiger partial charge in [0.25, 0.3) is 0 Å². The first-order valence-electron chi connectivity index (χ1n) is 11.3. The summed E-state index contributed by atoms with van der Waals surface area (Å²) in [6.07, 6.45) is 3.38. The number of carbonyl (C=O) groups excluding carboxylic acids is 1. The molecule has 174 valence electrons. The van der Waals surface area contributed by atoms with Crippen LogP contribution in [0.5, 0.6) is 0 Å². The third kappa shape index (κ3) is 4.84. The highest BCUT2D eigenvalue weighted by atomic mass is 16.3. The number of Topliss-reactive ketones (excluding diaryl/α,β-unsaturated/α-hetero) is 1. The molecule has 3 N–H and O–H groups in total. The molecule has 1 atom stereocenters. The van der Waals surface area contributed by atoms with Gasteiger partial charge in [0.2, 0.25) is 5.78 Å². The number of aliphatic imine (C=N–C) groups is 1. The maximum atomic E-state index is 13.6. The summed E-state index contributed by atoms with van der Waals surface area (Å²) < 4.78 is 5.83. The highest BCUT2D eigenvalue weighted by Crippen LogP contribution is 2.30. The number of allylic oxidation sites excluding steroid dienone is 3. The van der Waals surface area contributed by atoms with Crippen molar-refractivity contribution in [2.75, 3.05) is 24.5 Å². The largest absolute Gasteiger partial charge is 0.461 e. The van der Waals surface area contributed by atoms with Crippen LogP contribution >= 0.6 is 0 Å². The van der Waals surface area contributed by atoms with Crippen LogP contribution in [0.2, 0.25) is 0 Å². The van der Waals surface area contributed by atoms with Crippen molar-refractivity contribution in [2.45, 2.75) is 19.9 Å². The molecule has 3 aromatic rings. The Labute approximate surface area is 199 Å². The number of hydrogen-bond donors (Lipinski definition) is 2. The minimum atomic E-state index is -0.330. The van der Waals surface area contributed by atoms with Crippen LogP contribution in [-0.4, -0.2) is 37.1 Å². The fraction of sp³-hybridized carbons (Fsp3) is 0.222. The predicted molar refractivity (Wildman–Crippen MR) is 136 cm³/mol. The van der Waals surface area contributed by atoms with Gasteiger partial charge in [0.05, 0.1) is 5.57 Å². The number of piperazine rings is 1. The Kier molecular flexibility index (Phi) is 7.04. The molecule has 1 aromatic carbocycles. The van der Waals surface area contributed by atoms with Gasteiger partial charge in [-0.1, -0.05) is 42.5 Å². The third-order valence-corrected chi connectivity index (χ3v) is 5.83. The molecule has 0 spiro atoms. The van der Waals surface area contributed by atoms with E-state index in [1.807, 2.05) is 56.3 Å². The second kappa shape index (κ2) is 10.3. The Balaban J connectivity index is 1.76. The number of anilines is 1. The van der Waals surface area contributed by atoms with E-state index in [4.69, 9.17) is 15.1 Å². The quantitative estimate of drug-likeness (QED) is 0.237. The molecule has 0 amide bonds. The van der Waals surface area contributed by atoms with Crippen molar-refractivity contribution in [2.24, 2.45) is 10.7 Å². The summed E-state index contributed by atoms with van der Waals surface area (Å²) in [5.74, 6) is 1.78. The molecule has 0 radical (unpaired) electrons. The topological polar surface area (TPSA) is 96.8 Å². The normalized spacial score (nSPS) is 17.0. The van der Waals surface area contributed by atoms with Gasteiger partial charge in [-0.25, -0.2) is 9.98 Å². The Morgan fingerprint density at radius 3 is 2.71 bits per heavy atom. The van der Waals surface area contributed by atoms with Gasteiger partial charge in [0, 0.05) is 31.2 Å². The van der Waals surface area contributed by atoms with Crippen molar-refractivity contribution in [3.63, 3.8) is 0 Å². The number of carbonyl (C=O) groups is 1. The van der Waals surface area contributed by atoms with Gasteiger partial charge in [-0.3, -0.25) is 4.79 Å². The third-order valence-electron chi connectivity index (χ3n) is 5.83. The smallest absolute Gasteiger partial charge is 0.215 e. The number of pyridine rings is 1. The minimum Gasteiger partial charge on any atom is -0.461 e. The van der Waals surface area contributed by atoms with E-state index in [2.05, 4.69) is 34.1 Å². The molecule has 7 nitrogen and oxygen atoms in total. The van der Waals surface area contributed by atoms with Crippen LogP contribution in [0.15, 0.2) is 87.6 Å². The average molecular weight is 456 g/mol. The van der Waals surface area contributed by atoms with Crippen LogP contribution in [0.1, 0.15) is 34.8 Å². The number of ketones is 1. The van der Waals surface area contributed by atoms with E-state index in [-0.39, 0.29) is 28.9 Å². The summed E-state index contributed by atoms with van der Waals surface area (Å²) in [4.78, 5) is 24.5. The van der Waals surface area contributed by atoms with Crippen LogP contribution in [0, 0.1) is 6.92 Å². The van der Waals surface area contributed by atoms with Crippen LogP contribution in [0.4, 0.5) is 5.82 Å². The fourth-order valence-electron chi connectivity index (χ4n) is 4.10. The van der Waals surface area contributed by atoms with Crippen LogP contribution < -0.4 is 16.0 Å². The first kappa shape index (κ1) is 23.2. The number of nitrogens with one attached hydrogen (secondary N) is 1. The fourth-order valence-corrected chi connectivity index (χ4v) is 4.10. The number of nitrogens with zero attached hydrogens (tertiary/aromatic N) is 3. The molecule has 1 aliphatic rings. The predicted octanol–water partition coefficient (Wildman–Crippen LogP) is 4.43. The van der Waals surface area contributed by atoms with Crippen LogP contribution in [0.3, 0.4) is 0 Å². The molecule has 0 saturated carbocycles. The van der Waals surface area contributed by atoms with Crippen molar-refractivity contribution in [1.82, 2.24) is 10.3 Å². The van der Waals surface area contributed by atoms with Crippen LogP contribution in [-0.2, 0) is 0 Å². The molecule has 1 saturated heterocycles. The molecule has 1 fully saturated rings. The van der Waals surface area contributed by atoms with E-state index in [1.54, 1.807) is 12.2 Å². The molecular weight excluding hydrogens is 426 g/mol. The van der Waals surface area contributed by atoms with Gasteiger partial charge in [0.15, 0.2) is 0 Å². The zero-order chi connectivity index (χ0) is 24.1. The maximum Gasteiger partial charge on any atom is 0.215 e. The van der Waals surface area contributed by atoms with Gasteiger partial charge < -0.3 is 20.4 Å². The Morgan fingerprint density at radius 2 is 2.03 bits per heavy atom. The molecule has 7 heteroatoms. The molecule has 3 heterocycles. The van der Waals surface area contributed by atoms with E-state index < -0.39 is 0 Å². The highest BCUT2D eigenvalue weighted by molar-refractivity contribution is 6.13. The first-order chi connectivity index (χ1) is 16.5. The number of hydrogen-bond acceptors (Lipinski definition) is 7. The summed E-state index contributed by atoms with van der Waals surface area (Å²) in [6.45, 7) is 9.47. The summed E-state index contributed by atoms with van der Waals surface area (Å²) in [7, 11) is 0. The lowest BCUT2D eigenvalue weighted by molar-refractivity contribution is 0.103. The molecule has 4 rings (SSSR count). The Bertz CT molecular complexity index is 1240. The lowest BCUT2D eigenvalue weighted by Gasteiger charge is -2.35. The van der Waals surface area contributed by atoms with Crippen LogP contribution in [0.25, 0.3) is 11.3 Å². The van der Waals surface area contributed by atoms with E-state index >= 15 is 0 Å². The van der Waals surface area contributed by atoms with Gasteiger partial charge in [-0.15, -0.1) is 0 Å². The monoisotopic (exact) mass is 455 g/mol. The summed E-state index contributed by atoms with van der Waals surface area (Å²) >= 11 is 0. The second-order valence-corrected chi connectivity index (χ2v) is 8.13. The number of aromatic nitrogens is 1. The lowest BCUT2D eigenvalue weighted by atomic mass is 10.0. The summed E-state index contributed by atoms with van der Waals surface area (Å²) in [5, 5.41) is 3.57. The number of rotatable bonds is 7. The molecule has 0 aliphatic carbocycles. The molecular formula is C27H29N5O2. The van der Waals surface area contributed by atoms with E-state index in [0.717, 1.165) is 31.2 Å². The zero-order valence-corrected chi connectivity index (χ0v) is 19.5. The Hall–Kier alpha value is -3.97. The van der Waals surface area contributed by atoms with Gasteiger partial charge in [-0.2, -0.15) is 0 Å². The SMILES string of the molecule is C=N/C(N)=C(\C=C/C)C(=O)c1nc(N2CCNC(c3ccccc3)C2)ccc1-c1ccc(C)o1. The number of furan rings is 1. The van der Waals surface area contributed by atoms with Gasteiger partial charge in [-0.05, 0) is 50.4 Å². The zero-order valence-electron chi connectivity index (χ0n) is 19.5. The van der Waals surface area contributed by atoms with Crippen molar-refractivity contribution >= 4 is 18.3 Å². The van der Waals surface area contributed by atoms with Crippen molar-refractivity contribution in [1.29, 1.82) is 0 Å².